The summed E-state index contributed by atoms with van der Waals surface area (Å²) >= 11 is 0. The molecule has 2 aliphatic rings. The molecule has 41 heavy (non-hydrogen) atoms. The molecule has 2 rings (SSSR count). The van der Waals surface area contributed by atoms with Gasteiger partial charge in [0.25, 0.3) is 0 Å². The lowest BCUT2D eigenvalue weighted by Crippen LogP contribution is -2.47. The van der Waals surface area contributed by atoms with Crippen LogP contribution >= 0.6 is 0 Å². The maximum Gasteiger partial charge on any atom is 0.668 e. The highest BCUT2D eigenvalue weighted by atomic mass is 28.4. The Morgan fingerprint density at radius 2 is 0.976 bits per heavy atom. The van der Waals surface area contributed by atoms with Gasteiger partial charge < -0.3 is 84.9 Å². The van der Waals surface area contributed by atoms with Gasteiger partial charge in [-0.25, -0.2) is 0 Å². The van der Waals surface area contributed by atoms with Crippen molar-refractivity contribution >= 4 is 35.2 Å². The van der Waals surface area contributed by atoms with Crippen molar-refractivity contribution in [3.63, 3.8) is 0 Å². The van der Waals surface area contributed by atoms with E-state index >= 15 is 0 Å². The van der Waals surface area contributed by atoms with Crippen LogP contribution in [0.1, 0.15) is 12.8 Å². The van der Waals surface area contributed by atoms with Gasteiger partial charge in [0, 0.05) is 54.8 Å². The maximum atomic E-state index is 9.18. The van der Waals surface area contributed by atoms with Crippen molar-refractivity contribution in [2.45, 2.75) is 37.1 Å². The Morgan fingerprint density at radius 1 is 0.610 bits per heavy atom. The Kier molecular flexibility index (Phi) is 24.8. The molecule has 2 aliphatic heterocycles. The zero-order valence-electron chi connectivity index (χ0n) is 24.3. The number of hydrogen-bond acceptors (Lipinski definition) is 18. The molecule has 22 heteroatoms. The Balaban J connectivity index is 0. The van der Waals surface area contributed by atoms with Crippen molar-refractivity contribution in [3.05, 3.63) is 0 Å². The van der Waals surface area contributed by atoms with Gasteiger partial charge in [0.15, 0.2) is 0 Å². The van der Waals surface area contributed by atoms with E-state index in [2.05, 4.69) is 0 Å². The van der Waals surface area contributed by atoms with E-state index in [1.165, 1.54) is 21.3 Å². The fourth-order valence-corrected chi connectivity index (χ4v) is 5.73. The molecule has 0 aromatic carbocycles. The lowest BCUT2D eigenvalue weighted by Gasteiger charge is -2.24. The van der Waals surface area contributed by atoms with Crippen molar-refractivity contribution in [1.82, 2.24) is 0 Å². The molecule has 18 nitrogen and oxygen atoms in total. The Labute approximate surface area is 244 Å². The van der Waals surface area contributed by atoms with Crippen LogP contribution in [0.5, 0.6) is 0 Å². The summed E-state index contributed by atoms with van der Waals surface area (Å²) in [5.74, 6) is 0. The first-order valence-electron chi connectivity index (χ1n) is 12.5. The van der Waals surface area contributed by atoms with Crippen LogP contribution in [0.25, 0.3) is 0 Å². The lowest BCUT2D eigenvalue weighted by atomic mass is 10.5. The minimum Gasteiger partial charge on any atom is -0.396 e. The van der Waals surface area contributed by atoms with Crippen LogP contribution in [0.2, 0.25) is 12.1 Å². The molecule has 0 bridgehead atoms. The third kappa shape index (κ3) is 28.7. The fourth-order valence-electron chi connectivity index (χ4n) is 2.55. The molecule has 2 unspecified atom stereocenters. The van der Waals surface area contributed by atoms with E-state index < -0.39 is 35.2 Å². The zero-order valence-corrected chi connectivity index (χ0v) is 28.3. The molecule has 250 valence electrons. The quantitative estimate of drug-likeness (QED) is 0.0354. The Bertz CT molecular complexity index is 564. The van der Waals surface area contributed by atoms with Crippen LogP contribution in [0.15, 0.2) is 0 Å². The Morgan fingerprint density at radius 3 is 1.20 bits per heavy atom. The molecule has 0 spiro atoms. The first kappa shape index (κ1) is 43.3. The van der Waals surface area contributed by atoms with Crippen LogP contribution in [-0.4, -0.2) is 179 Å². The SMILES string of the molecule is CO[Si](CO)(CCCOCC1CO1)OC.CO[Si](CO)(OC)OC.O[Si](O)(O)CCCOCC1CO1.O[Si](O)(O)O. The number of aliphatic hydroxyl groups excluding tert-OH is 2. The topological polar surface area (TPSA) is 272 Å². The van der Waals surface area contributed by atoms with E-state index in [0.717, 1.165) is 25.7 Å². The van der Waals surface area contributed by atoms with E-state index in [1.807, 2.05) is 0 Å². The third-order valence-electron chi connectivity index (χ3n) is 5.17. The third-order valence-corrected chi connectivity index (χ3v) is 11.5. The number of aliphatic hydroxyl groups is 2. The largest absolute Gasteiger partial charge is 0.668 e. The predicted octanol–water partition coefficient (Wildman–Crippen LogP) is -4.45. The lowest BCUT2D eigenvalue weighted by molar-refractivity contribution is 0.0953. The molecule has 2 heterocycles. The van der Waals surface area contributed by atoms with E-state index in [0.29, 0.717) is 39.0 Å². The molecule has 0 aromatic rings. The number of rotatable bonds is 19. The van der Waals surface area contributed by atoms with E-state index in [1.54, 1.807) is 14.2 Å². The molecule has 0 aromatic heterocycles. The average molecular weight is 679 g/mol. The second-order valence-electron chi connectivity index (χ2n) is 8.57. The normalized spacial score (nSPS) is 18.3. The van der Waals surface area contributed by atoms with Gasteiger partial charge >= 0.3 is 35.2 Å². The second kappa shape index (κ2) is 23.5. The number of hydrogen-bond donors (Lipinski definition) is 9. The summed E-state index contributed by atoms with van der Waals surface area (Å²) < 4.78 is 45.4. The summed E-state index contributed by atoms with van der Waals surface area (Å²) in [4.78, 5) is 55.1. The van der Waals surface area contributed by atoms with Gasteiger partial charge in [0.1, 0.15) is 18.4 Å². The van der Waals surface area contributed by atoms with E-state index in [-0.39, 0.29) is 24.6 Å². The fraction of sp³-hybridized carbons (Fsp3) is 1.00. The van der Waals surface area contributed by atoms with Crippen LogP contribution in [-0.2, 0) is 41.1 Å². The van der Waals surface area contributed by atoms with Crippen LogP contribution in [0.4, 0.5) is 0 Å². The molecular formula is C19H50O18Si4. The maximum absolute atomic E-state index is 9.18. The molecule has 0 aliphatic carbocycles. The summed E-state index contributed by atoms with van der Waals surface area (Å²) in [5.41, 5.74) is 0. The first-order valence-corrected chi connectivity index (χ1v) is 20.5. The second-order valence-corrected chi connectivity index (χ2v) is 18.2. The minimum atomic E-state index is -4.61. The summed E-state index contributed by atoms with van der Waals surface area (Å²) in [5, 5.41) is 17.8. The molecular weight excluding hydrogens is 629 g/mol. The summed E-state index contributed by atoms with van der Waals surface area (Å²) in [6, 6.07) is 0.792. The molecule has 2 saturated heterocycles. The minimum absolute atomic E-state index is 0.00820. The average Bonchev–Trinajstić information content (AvgIpc) is 3.84. The van der Waals surface area contributed by atoms with Crippen molar-refractivity contribution in [1.29, 1.82) is 0 Å². The molecule has 0 amide bonds. The van der Waals surface area contributed by atoms with Crippen LogP contribution < -0.4 is 0 Å². The zero-order chi connectivity index (χ0) is 32.0. The highest BCUT2D eigenvalue weighted by molar-refractivity contribution is 6.67. The van der Waals surface area contributed by atoms with Crippen molar-refractivity contribution < 1.29 is 84.9 Å². The molecule has 2 atom stereocenters. The van der Waals surface area contributed by atoms with Crippen molar-refractivity contribution in [2.75, 3.05) is 87.7 Å². The van der Waals surface area contributed by atoms with Crippen molar-refractivity contribution in [2.24, 2.45) is 0 Å². The first-order chi connectivity index (χ1) is 19.1. The van der Waals surface area contributed by atoms with Gasteiger partial charge in [-0.3, -0.25) is 0 Å². The molecule has 0 radical (unpaired) electrons. The highest BCUT2D eigenvalue weighted by Crippen LogP contribution is 2.14. The van der Waals surface area contributed by atoms with Crippen LogP contribution in [0, 0.1) is 0 Å². The van der Waals surface area contributed by atoms with Crippen LogP contribution in [0.3, 0.4) is 0 Å². The van der Waals surface area contributed by atoms with Gasteiger partial charge in [-0.1, -0.05) is 0 Å². The number of epoxide rings is 2. The van der Waals surface area contributed by atoms with Crippen molar-refractivity contribution in [3.8, 4) is 0 Å². The monoisotopic (exact) mass is 678 g/mol. The molecule has 0 saturated carbocycles. The van der Waals surface area contributed by atoms with Gasteiger partial charge in [-0.15, -0.1) is 0 Å². The predicted molar refractivity (Wildman–Crippen MR) is 148 cm³/mol. The number of ether oxygens (including phenoxy) is 4. The van der Waals surface area contributed by atoms with Gasteiger partial charge in [-0.2, -0.15) is 0 Å². The van der Waals surface area contributed by atoms with Gasteiger partial charge in [0.2, 0.25) is 0 Å². The smallest absolute Gasteiger partial charge is 0.396 e. The summed E-state index contributed by atoms with van der Waals surface area (Å²) in [7, 11) is -5.87. The summed E-state index contributed by atoms with van der Waals surface area (Å²) in [6.07, 6.45) is 1.69. The van der Waals surface area contributed by atoms with Gasteiger partial charge in [-0.05, 0) is 18.9 Å². The Hall–Kier alpha value is 0.148. The van der Waals surface area contributed by atoms with E-state index in [9.17, 15) is 5.11 Å². The summed E-state index contributed by atoms with van der Waals surface area (Å²) in [6.45, 7) is 3.94. The highest BCUT2D eigenvalue weighted by Gasteiger charge is 2.37. The van der Waals surface area contributed by atoms with E-state index in [4.69, 9.17) is 79.8 Å². The molecule has 2 fully saturated rings. The van der Waals surface area contributed by atoms with Gasteiger partial charge in [0.05, 0.1) is 32.7 Å². The molecule has 9 N–H and O–H groups in total. The standard InChI is InChI=1S/C9H20O5Si.C6H14O5Si.C4H12O4Si.H4O4Si/c1-11-15(8-10,12-2)5-3-4-13-6-9-7-14-9;7-12(8,9)3-1-2-10-4-6-5-11-6;1-6-9(4-5,7-2)8-3;1-5(2,3)4/h9-10H,3-8H2,1-2H3;6-9H,1-5H2;5H,4H2,1-3H3;1-4H.